The van der Waals surface area contributed by atoms with Crippen LogP contribution in [0.2, 0.25) is 5.02 Å². The van der Waals surface area contributed by atoms with E-state index in [2.05, 4.69) is 36.2 Å². The Morgan fingerprint density at radius 2 is 1.79 bits per heavy atom. The van der Waals surface area contributed by atoms with Gasteiger partial charge in [-0.3, -0.25) is 9.89 Å². The first-order chi connectivity index (χ1) is 11.5. The third-order valence-corrected chi connectivity index (χ3v) is 4.20. The van der Waals surface area contributed by atoms with Crippen LogP contribution in [0.4, 0.5) is 0 Å². The van der Waals surface area contributed by atoms with Gasteiger partial charge < -0.3 is 0 Å². The van der Waals surface area contributed by atoms with Gasteiger partial charge in [-0.05, 0) is 73.5 Å². The van der Waals surface area contributed by atoms with E-state index in [1.165, 1.54) is 17.2 Å². The van der Waals surface area contributed by atoms with Crippen molar-refractivity contribution < 1.29 is 4.79 Å². The van der Waals surface area contributed by atoms with Crippen molar-refractivity contribution in [2.24, 2.45) is 0 Å². The molecule has 0 aliphatic carbocycles. The number of H-pyrrole nitrogens is 1. The molecule has 0 amide bonds. The van der Waals surface area contributed by atoms with Crippen molar-refractivity contribution in [2.45, 2.75) is 13.8 Å². The summed E-state index contributed by atoms with van der Waals surface area (Å²) in [6.45, 7) is 4.16. The molecule has 120 valence electrons. The van der Waals surface area contributed by atoms with E-state index in [0.717, 1.165) is 17.0 Å². The summed E-state index contributed by atoms with van der Waals surface area (Å²) in [4.78, 5) is 12.1. The normalized spacial score (nSPS) is 11.1. The highest BCUT2D eigenvalue weighted by Crippen LogP contribution is 2.21. The van der Waals surface area contributed by atoms with Crippen LogP contribution >= 0.6 is 11.6 Å². The molecular formula is C20H17ClN2O. The van der Waals surface area contributed by atoms with Gasteiger partial charge in [0.15, 0.2) is 5.78 Å². The fourth-order valence-electron chi connectivity index (χ4n) is 2.35. The minimum absolute atomic E-state index is 0.0750. The van der Waals surface area contributed by atoms with Gasteiger partial charge in [0.2, 0.25) is 0 Å². The molecule has 0 fully saturated rings. The number of ketones is 1. The van der Waals surface area contributed by atoms with E-state index in [1.54, 1.807) is 30.3 Å². The quantitative estimate of drug-likeness (QED) is 0.523. The number of nitrogens with zero attached hydrogens (tertiary/aromatic N) is 1. The zero-order chi connectivity index (χ0) is 17.1. The van der Waals surface area contributed by atoms with Crippen molar-refractivity contribution in [3.8, 4) is 11.3 Å². The van der Waals surface area contributed by atoms with Crippen molar-refractivity contribution in [3.05, 3.63) is 82.0 Å². The highest BCUT2D eigenvalue weighted by molar-refractivity contribution is 6.30. The number of aromatic amines is 1. The standard InChI is InChI=1S/C20H17ClN2O/c1-13-3-4-16(11-14(13)2)19-12-18(22-23-19)9-10-20(24)15-5-7-17(21)8-6-15/h3-12H,1-2H3,(H,22,23)/b10-9+. The Balaban J connectivity index is 1.77. The minimum Gasteiger partial charge on any atom is -0.289 e. The molecule has 1 heterocycles. The lowest BCUT2D eigenvalue weighted by Gasteiger charge is -2.01. The monoisotopic (exact) mass is 336 g/mol. The number of aromatic nitrogens is 2. The number of nitrogens with one attached hydrogen (secondary N) is 1. The topological polar surface area (TPSA) is 45.8 Å². The second kappa shape index (κ2) is 6.85. The van der Waals surface area contributed by atoms with Crippen LogP contribution in [0.25, 0.3) is 17.3 Å². The van der Waals surface area contributed by atoms with Crippen molar-refractivity contribution in [2.75, 3.05) is 0 Å². The maximum Gasteiger partial charge on any atom is 0.185 e. The van der Waals surface area contributed by atoms with Crippen LogP contribution in [-0.4, -0.2) is 16.0 Å². The van der Waals surface area contributed by atoms with Gasteiger partial charge in [0, 0.05) is 16.1 Å². The van der Waals surface area contributed by atoms with Gasteiger partial charge in [0.1, 0.15) is 0 Å². The molecule has 0 radical (unpaired) electrons. The molecule has 0 bridgehead atoms. The van der Waals surface area contributed by atoms with E-state index in [0.29, 0.717) is 10.6 Å². The number of hydrogen-bond acceptors (Lipinski definition) is 2. The largest absolute Gasteiger partial charge is 0.289 e. The maximum absolute atomic E-state index is 12.1. The average molecular weight is 337 g/mol. The van der Waals surface area contributed by atoms with Gasteiger partial charge in [-0.2, -0.15) is 5.10 Å². The number of allylic oxidation sites excluding steroid dienone is 1. The molecule has 3 rings (SSSR count). The van der Waals surface area contributed by atoms with Gasteiger partial charge in [0.05, 0.1) is 11.4 Å². The lowest BCUT2D eigenvalue weighted by Crippen LogP contribution is -1.93. The Morgan fingerprint density at radius 3 is 2.50 bits per heavy atom. The Hall–Kier alpha value is -2.65. The fraction of sp³-hybridized carbons (Fsp3) is 0.100. The van der Waals surface area contributed by atoms with E-state index in [1.807, 2.05) is 12.1 Å². The Bertz CT molecular complexity index is 908. The summed E-state index contributed by atoms with van der Waals surface area (Å²) in [5.74, 6) is -0.0750. The molecule has 0 spiro atoms. The summed E-state index contributed by atoms with van der Waals surface area (Å²) < 4.78 is 0. The number of carbonyl (C=O) groups is 1. The summed E-state index contributed by atoms with van der Waals surface area (Å²) in [6.07, 6.45) is 3.26. The van der Waals surface area contributed by atoms with Crippen LogP contribution in [0.15, 0.2) is 54.6 Å². The smallest absolute Gasteiger partial charge is 0.185 e. The van der Waals surface area contributed by atoms with E-state index >= 15 is 0 Å². The molecule has 0 atom stereocenters. The lowest BCUT2D eigenvalue weighted by molar-refractivity contribution is 0.104. The second-order valence-corrected chi connectivity index (χ2v) is 6.15. The third kappa shape index (κ3) is 3.63. The zero-order valence-electron chi connectivity index (χ0n) is 13.5. The minimum atomic E-state index is -0.0750. The van der Waals surface area contributed by atoms with E-state index in [4.69, 9.17) is 11.6 Å². The summed E-state index contributed by atoms with van der Waals surface area (Å²) in [5.41, 5.74) is 5.78. The molecule has 24 heavy (non-hydrogen) atoms. The Morgan fingerprint density at radius 1 is 1.04 bits per heavy atom. The maximum atomic E-state index is 12.1. The molecule has 1 N–H and O–H groups in total. The lowest BCUT2D eigenvalue weighted by atomic mass is 10.0. The molecule has 1 aromatic heterocycles. The Labute approximate surface area is 146 Å². The summed E-state index contributed by atoms with van der Waals surface area (Å²) in [5, 5.41) is 7.87. The van der Waals surface area contributed by atoms with Crippen LogP contribution in [0, 0.1) is 13.8 Å². The third-order valence-electron chi connectivity index (χ3n) is 3.94. The summed E-state index contributed by atoms with van der Waals surface area (Å²) in [7, 11) is 0. The number of benzene rings is 2. The molecule has 3 aromatic rings. The van der Waals surface area contributed by atoms with Gasteiger partial charge in [-0.15, -0.1) is 0 Å². The first-order valence-electron chi connectivity index (χ1n) is 7.64. The van der Waals surface area contributed by atoms with Crippen molar-refractivity contribution in [1.82, 2.24) is 10.2 Å². The zero-order valence-corrected chi connectivity index (χ0v) is 14.3. The molecule has 0 unspecified atom stereocenters. The second-order valence-electron chi connectivity index (χ2n) is 5.71. The van der Waals surface area contributed by atoms with Gasteiger partial charge in [-0.1, -0.05) is 23.7 Å². The highest BCUT2D eigenvalue weighted by atomic mass is 35.5. The average Bonchev–Trinajstić information content (AvgIpc) is 3.05. The molecule has 2 aromatic carbocycles. The van der Waals surface area contributed by atoms with Crippen molar-refractivity contribution in [1.29, 1.82) is 0 Å². The van der Waals surface area contributed by atoms with Crippen LogP contribution in [0.5, 0.6) is 0 Å². The number of hydrogen-bond donors (Lipinski definition) is 1. The molecule has 0 saturated heterocycles. The number of carbonyl (C=O) groups excluding carboxylic acids is 1. The van der Waals surface area contributed by atoms with Crippen LogP contribution in [0.1, 0.15) is 27.2 Å². The number of aryl methyl sites for hydroxylation is 2. The molecule has 4 heteroatoms. The highest BCUT2D eigenvalue weighted by Gasteiger charge is 2.05. The Kier molecular flexibility index (Phi) is 4.63. The molecule has 0 aliphatic heterocycles. The van der Waals surface area contributed by atoms with E-state index in [9.17, 15) is 4.79 Å². The first-order valence-corrected chi connectivity index (χ1v) is 8.02. The first kappa shape index (κ1) is 16.2. The van der Waals surface area contributed by atoms with Gasteiger partial charge >= 0.3 is 0 Å². The molecule has 3 nitrogen and oxygen atoms in total. The number of halogens is 1. The predicted octanol–water partition coefficient (Wildman–Crippen LogP) is 5.24. The predicted molar refractivity (Wildman–Crippen MR) is 98.3 cm³/mol. The SMILES string of the molecule is Cc1ccc(-c2cc(/C=C/C(=O)c3ccc(Cl)cc3)[nH]n2)cc1C. The van der Waals surface area contributed by atoms with Gasteiger partial charge in [0.25, 0.3) is 0 Å². The van der Waals surface area contributed by atoms with Crippen LogP contribution in [0.3, 0.4) is 0 Å². The molecular weight excluding hydrogens is 320 g/mol. The van der Waals surface area contributed by atoms with Crippen molar-refractivity contribution >= 4 is 23.5 Å². The van der Waals surface area contributed by atoms with E-state index < -0.39 is 0 Å². The molecule has 0 aliphatic rings. The van der Waals surface area contributed by atoms with Crippen LogP contribution in [-0.2, 0) is 0 Å². The van der Waals surface area contributed by atoms with Crippen molar-refractivity contribution in [3.63, 3.8) is 0 Å². The summed E-state index contributed by atoms with van der Waals surface area (Å²) in [6, 6.07) is 15.0. The van der Waals surface area contributed by atoms with Crippen LogP contribution < -0.4 is 0 Å². The van der Waals surface area contributed by atoms with Gasteiger partial charge in [-0.25, -0.2) is 0 Å². The van der Waals surface area contributed by atoms with E-state index in [-0.39, 0.29) is 5.78 Å². The molecule has 0 saturated carbocycles. The fourth-order valence-corrected chi connectivity index (χ4v) is 2.47. The summed E-state index contributed by atoms with van der Waals surface area (Å²) >= 11 is 5.83. The number of rotatable bonds is 4.